The molecule has 142 heavy (non-hydrogen) atoms. The van der Waals surface area contributed by atoms with Crippen LogP contribution in [0.3, 0.4) is 0 Å². The lowest BCUT2D eigenvalue weighted by Gasteiger charge is -2.26. The fourth-order valence-corrected chi connectivity index (χ4v) is 20.8. The van der Waals surface area contributed by atoms with Crippen LogP contribution in [0.5, 0.6) is 0 Å². The number of aromatic nitrogens is 4. The molecule has 8 nitrogen and oxygen atoms in total. The van der Waals surface area contributed by atoms with E-state index in [-0.39, 0.29) is 0 Å². The van der Waals surface area contributed by atoms with Gasteiger partial charge in [0, 0.05) is 134 Å². The van der Waals surface area contributed by atoms with Crippen LogP contribution in [0.1, 0.15) is 84.0 Å². The molecule has 0 aliphatic rings. The van der Waals surface area contributed by atoms with Crippen LogP contribution >= 0.6 is 0 Å². The Bertz CT molecular complexity index is 8180. The Morgan fingerprint density at radius 1 is 0.176 bits per heavy atom. The molecule has 20 aromatic carbocycles. The molecule has 0 aliphatic heterocycles. The van der Waals surface area contributed by atoms with Gasteiger partial charge in [-0.15, -0.1) is 0 Å². The van der Waals surface area contributed by atoms with E-state index in [9.17, 15) is 0 Å². The lowest BCUT2D eigenvalue weighted by Crippen LogP contribution is -2.09. The Labute approximate surface area is 830 Å². The molecule has 0 saturated carbocycles. The highest BCUT2D eigenvalue weighted by Crippen LogP contribution is 2.48. The molecule has 24 aromatic rings. The second-order valence-electron chi connectivity index (χ2n) is 37.2. The Morgan fingerprint density at radius 2 is 0.359 bits per heavy atom. The van der Waals surface area contributed by atoms with E-state index in [2.05, 4.69) is 575 Å². The Hall–Kier alpha value is -17.7. The molecule has 0 fully saturated rings. The number of fused-ring (bicyclic) bond motifs is 12. The summed E-state index contributed by atoms with van der Waals surface area (Å²) in [4.78, 5) is 9.46. The average molecular weight is 1830 g/mol. The van der Waals surface area contributed by atoms with Crippen LogP contribution in [-0.4, -0.2) is 18.3 Å². The average Bonchev–Trinajstić information content (AvgIpc) is 1.61. The van der Waals surface area contributed by atoms with Gasteiger partial charge in [0.05, 0.1) is 44.1 Å². The van der Waals surface area contributed by atoms with E-state index in [0.29, 0.717) is 0 Å². The number of benzene rings is 20. The number of anilines is 12. The van der Waals surface area contributed by atoms with E-state index in [1.807, 2.05) is 0 Å². The van der Waals surface area contributed by atoms with Crippen molar-refractivity contribution >= 4 is 180 Å². The summed E-state index contributed by atoms with van der Waals surface area (Å²) in [5, 5.41) is 10.0. The van der Waals surface area contributed by atoms with Gasteiger partial charge in [0.2, 0.25) is 0 Å². The van der Waals surface area contributed by atoms with Gasteiger partial charge < -0.3 is 37.9 Å². The van der Waals surface area contributed by atoms with E-state index in [4.69, 9.17) is 0 Å². The standard InChI is InChI=1S/C70H60N4.C64H48N4/c1-3-5-19-53-35-43-67-63(47-53)65-49-61(41-45-69(65)73(67)57-25-15-9-16-26-57)71(55-21-11-7-12-22-55)59-37-31-51(32-38-59)29-30-52-33-39-60(40-34-52)72(56-23-13-8-14-24-56)62-42-46-70-66(50-62)64-48-54(20-6-4-2)36-44-68(64)74(70)58-27-17-10-18-28-58;1-45-23-37-61-57(41-45)59-43-55(35-39-63(59)67(61)51-19-11-5-12-20-51)65(49-15-7-3-8-16-49)53-31-27-47(28-32-53)25-26-48-29-33-54(34-30-48)66(50-17-9-4-10-18-50)56-36-40-64-60(44-56)58-42-46(2)24-38-62(58)68(64)52-21-13-6-14-22-52/h7-18,21-50H,3-6,19-20H2,1-2H3;3-44H,1-2H3/b30-29+;26-25+. The molecule has 0 radical (unpaired) electrons. The van der Waals surface area contributed by atoms with Crippen molar-refractivity contribution in [2.45, 2.75) is 66.2 Å². The number of para-hydroxylation sites is 8. The molecule has 0 bridgehead atoms. The van der Waals surface area contributed by atoms with E-state index >= 15 is 0 Å². The SMILES string of the molecule is CCCCc1ccc2c(c1)c1cc(N(c3ccccc3)c3ccc(/C=C/c4ccc(N(c5ccccc5)c5ccc6c(c5)c5cc(CCCC)ccc5n6-c5ccccc5)cc4)cc3)ccc1n2-c1ccccc1.Cc1ccc2c(c1)c1cc(N(c3ccccc3)c3ccc(/C=C/c4ccc(N(c5ccccc5)c5ccc6c(c5)c5cc(C)ccc5n6-c5ccccc5)cc4)cc3)ccc1n2-c1ccccc1. The van der Waals surface area contributed by atoms with Gasteiger partial charge in [-0.05, 0) is 340 Å². The van der Waals surface area contributed by atoms with Gasteiger partial charge in [0.15, 0.2) is 0 Å². The molecule has 4 heterocycles. The third-order valence-electron chi connectivity index (χ3n) is 27.8. The quantitative estimate of drug-likeness (QED) is 0.0506. The first-order valence-electron chi connectivity index (χ1n) is 49.8. The van der Waals surface area contributed by atoms with E-state index in [1.165, 1.54) is 147 Å². The van der Waals surface area contributed by atoms with E-state index in [1.54, 1.807) is 0 Å². The summed E-state index contributed by atoms with van der Waals surface area (Å²) in [5.74, 6) is 0. The molecule has 0 saturated heterocycles. The topological polar surface area (TPSA) is 32.7 Å². The zero-order chi connectivity index (χ0) is 95.4. The third-order valence-corrected chi connectivity index (χ3v) is 27.8. The fraction of sp³-hybridized carbons (Fsp3) is 0.0746. The minimum absolute atomic E-state index is 1.08. The van der Waals surface area contributed by atoms with E-state index < -0.39 is 0 Å². The maximum Gasteiger partial charge on any atom is 0.0542 e. The number of unbranched alkanes of at least 4 members (excludes halogenated alkanes) is 2. The highest BCUT2D eigenvalue weighted by molar-refractivity contribution is 6.15. The van der Waals surface area contributed by atoms with Gasteiger partial charge in [0.1, 0.15) is 0 Å². The summed E-state index contributed by atoms with van der Waals surface area (Å²) >= 11 is 0. The number of nitrogens with zero attached hydrogens (tertiary/aromatic N) is 8. The van der Waals surface area contributed by atoms with Crippen LogP contribution in [0, 0.1) is 13.8 Å². The predicted molar refractivity (Wildman–Crippen MR) is 606 cm³/mol. The summed E-state index contributed by atoms with van der Waals surface area (Å²) in [6.07, 6.45) is 15.7. The minimum Gasteiger partial charge on any atom is -0.310 e. The molecular formula is C134H108N8. The largest absolute Gasteiger partial charge is 0.310 e. The zero-order valence-corrected chi connectivity index (χ0v) is 80.3. The van der Waals surface area contributed by atoms with E-state index in [0.717, 1.165) is 115 Å². The lowest BCUT2D eigenvalue weighted by molar-refractivity contribution is 0.796. The van der Waals surface area contributed by atoms with Crippen molar-refractivity contribution in [1.29, 1.82) is 0 Å². The van der Waals surface area contributed by atoms with Crippen LogP contribution in [0.15, 0.2) is 485 Å². The summed E-state index contributed by atoms with van der Waals surface area (Å²) in [6, 6.07) is 177. The van der Waals surface area contributed by atoms with Gasteiger partial charge in [0.25, 0.3) is 0 Å². The molecule has 24 rings (SSSR count). The number of rotatable bonds is 26. The maximum atomic E-state index is 2.42. The van der Waals surface area contributed by atoms with Gasteiger partial charge in [-0.1, -0.05) is 281 Å². The molecule has 0 atom stereocenters. The number of aryl methyl sites for hydroxylation is 4. The molecule has 0 amide bonds. The van der Waals surface area contributed by atoms with Gasteiger partial charge in [-0.3, -0.25) is 0 Å². The number of hydrogen-bond acceptors (Lipinski definition) is 4. The van der Waals surface area contributed by atoms with Gasteiger partial charge in [-0.25, -0.2) is 0 Å². The maximum absolute atomic E-state index is 2.42. The lowest BCUT2D eigenvalue weighted by atomic mass is 10.0. The van der Waals surface area contributed by atoms with Crippen LogP contribution in [0.25, 0.3) is 134 Å². The van der Waals surface area contributed by atoms with Crippen LogP contribution in [0.4, 0.5) is 68.2 Å². The summed E-state index contributed by atoms with van der Waals surface area (Å²) in [6.45, 7) is 8.88. The van der Waals surface area contributed by atoms with Crippen molar-refractivity contribution < 1.29 is 0 Å². The molecule has 0 aliphatic carbocycles. The first-order chi connectivity index (χ1) is 70.1. The molecule has 0 spiro atoms. The molecular weight excluding hydrogens is 1720 g/mol. The molecule has 684 valence electrons. The second-order valence-corrected chi connectivity index (χ2v) is 37.2. The Kier molecular flexibility index (Phi) is 24.5. The zero-order valence-electron chi connectivity index (χ0n) is 80.3. The highest BCUT2D eigenvalue weighted by atomic mass is 15.2. The molecule has 0 N–H and O–H groups in total. The molecule has 0 unspecified atom stereocenters. The molecule has 4 aromatic heterocycles. The summed E-state index contributed by atoms with van der Waals surface area (Å²) in [5.41, 5.74) is 37.4. The fourth-order valence-electron chi connectivity index (χ4n) is 20.8. The first-order valence-corrected chi connectivity index (χ1v) is 49.8. The van der Waals surface area contributed by atoms with Crippen LogP contribution in [0.2, 0.25) is 0 Å². The number of hydrogen-bond donors (Lipinski definition) is 0. The molecule has 8 heteroatoms. The second kappa shape index (κ2) is 39.4. The first kappa shape index (κ1) is 88.3. The van der Waals surface area contributed by atoms with Crippen molar-refractivity contribution in [2.24, 2.45) is 0 Å². The van der Waals surface area contributed by atoms with Crippen molar-refractivity contribution in [2.75, 3.05) is 19.6 Å². The van der Waals surface area contributed by atoms with Crippen molar-refractivity contribution in [3.05, 3.63) is 530 Å². The van der Waals surface area contributed by atoms with Crippen LogP contribution in [-0.2, 0) is 12.8 Å². The minimum atomic E-state index is 1.08. The smallest absolute Gasteiger partial charge is 0.0542 e. The summed E-state index contributed by atoms with van der Waals surface area (Å²) < 4.78 is 9.58. The normalized spacial score (nSPS) is 11.6. The highest BCUT2D eigenvalue weighted by Gasteiger charge is 2.25. The van der Waals surface area contributed by atoms with Gasteiger partial charge in [-0.2, -0.15) is 0 Å². The third kappa shape index (κ3) is 17.5. The monoisotopic (exact) mass is 1830 g/mol. The Morgan fingerprint density at radius 3 is 0.585 bits per heavy atom. The van der Waals surface area contributed by atoms with Crippen LogP contribution < -0.4 is 19.6 Å². The summed E-state index contributed by atoms with van der Waals surface area (Å²) in [7, 11) is 0. The van der Waals surface area contributed by atoms with Gasteiger partial charge >= 0.3 is 0 Å². The van der Waals surface area contributed by atoms with Crippen molar-refractivity contribution in [3.8, 4) is 22.7 Å². The predicted octanol–water partition coefficient (Wildman–Crippen LogP) is 37.3. The van der Waals surface area contributed by atoms with Crippen molar-refractivity contribution in [1.82, 2.24) is 18.3 Å². The Balaban J connectivity index is 0.000000158. The van der Waals surface area contributed by atoms with Crippen molar-refractivity contribution in [3.63, 3.8) is 0 Å².